The number of anilines is 1. The van der Waals surface area contributed by atoms with Crippen molar-refractivity contribution in [3.05, 3.63) is 12.4 Å². The first-order valence-corrected chi connectivity index (χ1v) is 5.77. The second-order valence-corrected chi connectivity index (χ2v) is 3.70. The number of rotatable bonds is 9. The Balaban J connectivity index is 2.24. The van der Waals surface area contributed by atoms with Crippen LogP contribution in [0.3, 0.4) is 0 Å². The number of ether oxygens (including phenoxy) is 2. The average molecular weight is 256 g/mol. The highest BCUT2D eigenvalue weighted by atomic mass is 16.5. The van der Waals surface area contributed by atoms with Crippen molar-refractivity contribution in [1.82, 2.24) is 15.1 Å². The van der Waals surface area contributed by atoms with E-state index in [0.717, 1.165) is 0 Å². The third-order valence-electron chi connectivity index (χ3n) is 2.21. The monoisotopic (exact) mass is 256 g/mol. The van der Waals surface area contributed by atoms with Gasteiger partial charge in [0.05, 0.1) is 38.2 Å². The summed E-state index contributed by atoms with van der Waals surface area (Å²) in [6, 6.07) is 0. The van der Waals surface area contributed by atoms with Gasteiger partial charge in [-0.2, -0.15) is 5.10 Å². The quantitative estimate of drug-likeness (QED) is 0.593. The number of aromatic nitrogens is 2. The summed E-state index contributed by atoms with van der Waals surface area (Å²) < 4.78 is 11.5. The van der Waals surface area contributed by atoms with Crippen LogP contribution in [-0.4, -0.2) is 56.2 Å². The van der Waals surface area contributed by atoms with Crippen LogP contribution < -0.4 is 10.6 Å². The highest BCUT2D eigenvalue weighted by Gasteiger charge is 2.03. The molecule has 1 heterocycles. The second-order valence-electron chi connectivity index (χ2n) is 3.70. The molecule has 7 heteroatoms. The van der Waals surface area contributed by atoms with E-state index in [4.69, 9.17) is 9.47 Å². The van der Waals surface area contributed by atoms with Crippen molar-refractivity contribution in [1.29, 1.82) is 0 Å². The Morgan fingerprint density at radius 2 is 2.17 bits per heavy atom. The first-order chi connectivity index (χ1) is 8.76. The second kappa shape index (κ2) is 8.62. The molecule has 0 unspecified atom stereocenters. The van der Waals surface area contributed by atoms with Crippen molar-refractivity contribution in [2.24, 2.45) is 0 Å². The number of nitrogens with zero attached hydrogens (tertiary/aromatic N) is 2. The number of methoxy groups -OCH3 is 2. The summed E-state index contributed by atoms with van der Waals surface area (Å²) in [6.45, 7) is 2.75. The smallest absolute Gasteiger partial charge is 0.238 e. The van der Waals surface area contributed by atoms with Gasteiger partial charge in [0.2, 0.25) is 5.91 Å². The van der Waals surface area contributed by atoms with Crippen molar-refractivity contribution < 1.29 is 14.3 Å². The van der Waals surface area contributed by atoms with Gasteiger partial charge in [0, 0.05) is 27.0 Å². The molecular weight excluding hydrogens is 236 g/mol. The number of amides is 1. The Bertz CT molecular complexity index is 354. The summed E-state index contributed by atoms with van der Waals surface area (Å²) in [4.78, 5) is 11.5. The predicted octanol–water partition coefficient (Wildman–Crippen LogP) is -0.296. The van der Waals surface area contributed by atoms with E-state index < -0.39 is 0 Å². The maximum absolute atomic E-state index is 11.5. The molecule has 0 atom stereocenters. The van der Waals surface area contributed by atoms with Crippen LogP contribution in [-0.2, 0) is 20.8 Å². The molecule has 0 aliphatic heterocycles. The van der Waals surface area contributed by atoms with Crippen LogP contribution in [0.2, 0.25) is 0 Å². The lowest BCUT2D eigenvalue weighted by Gasteiger charge is -2.04. The van der Waals surface area contributed by atoms with Gasteiger partial charge in [-0.1, -0.05) is 0 Å². The van der Waals surface area contributed by atoms with Gasteiger partial charge in [0.1, 0.15) is 0 Å². The fourth-order valence-electron chi connectivity index (χ4n) is 1.32. The highest BCUT2D eigenvalue weighted by molar-refractivity contribution is 5.91. The van der Waals surface area contributed by atoms with Gasteiger partial charge in [0.15, 0.2) is 0 Å². The van der Waals surface area contributed by atoms with E-state index in [1.807, 2.05) is 0 Å². The van der Waals surface area contributed by atoms with Crippen molar-refractivity contribution >= 4 is 11.6 Å². The highest BCUT2D eigenvalue weighted by Crippen LogP contribution is 2.03. The fraction of sp³-hybridized carbons (Fsp3) is 0.636. The van der Waals surface area contributed by atoms with E-state index in [1.54, 1.807) is 31.3 Å². The molecule has 0 radical (unpaired) electrons. The maximum Gasteiger partial charge on any atom is 0.238 e. The Hall–Kier alpha value is -1.44. The summed E-state index contributed by atoms with van der Waals surface area (Å²) in [7, 11) is 3.26. The SMILES string of the molecule is COCCNCC(=O)Nc1cnn(CCOC)c1. The van der Waals surface area contributed by atoms with E-state index in [2.05, 4.69) is 15.7 Å². The first kappa shape index (κ1) is 14.6. The normalized spacial score (nSPS) is 10.6. The zero-order valence-corrected chi connectivity index (χ0v) is 10.8. The van der Waals surface area contributed by atoms with Gasteiger partial charge in [-0.3, -0.25) is 9.48 Å². The molecular formula is C11H20N4O3. The van der Waals surface area contributed by atoms with Crippen LogP contribution in [0.1, 0.15) is 0 Å². The van der Waals surface area contributed by atoms with Gasteiger partial charge < -0.3 is 20.1 Å². The maximum atomic E-state index is 11.5. The van der Waals surface area contributed by atoms with Crippen LogP contribution in [0.25, 0.3) is 0 Å². The standard InChI is InChI=1S/C11H20N4O3/c1-17-5-3-12-8-11(16)14-10-7-13-15(9-10)4-6-18-2/h7,9,12H,3-6,8H2,1-2H3,(H,14,16). The molecule has 0 saturated carbocycles. The van der Waals surface area contributed by atoms with Gasteiger partial charge in [-0.05, 0) is 0 Å². The van der Waals surface area contributed by atoms with E-state index >= 15 is 0 Å². The molecule has 2 N–H and O–H groups in total. The minimum Gasteiger partial charge on any atom is -0.383 e. The van der Waals surface area contributed by atoms with Crippen LogP contribution in [0, 0.1) is 0 Å². The van der Waals surface area contributed by atoms with Gasteiger partial charge >= 0.3 is 0 Å². The summed E-state index contributed by atoms with van der Waals surface area (Å²) in [6.07, 6.45) is 3.38. The van der Waals surface area contributed by atoms with E-state index in [9.17, 15) is 4.79 Å². The third kappa shape index (κ3) is 5.76. The molecule has 0 fully saturated rings. The molecule has 18 heavy (non-hydrogen) atoms. The topological polar surface area (TPSA) is 77.4 Å². The van der Waals surface area contributed by atoms with Crippen LogP contribution >= 0.6 is 0 Å². The molecule has 0 spiro atoms. The third-order valence-corrected chi connectivity index (χ3v) is 2.21. The van der Waals surface area contributed by atoms with Gasteiger partial charge in [0.25, 0.3) is 0 Å². The molecule has 102 valence electrons. The lowest BCUT2D eigenvalue weighted by Crippen LogP contribution is -2.30. The Kier molecular flexibility index (Phi) is 7.00. The summed E-state index contributed by atoms with van der Waals surface area (Å²) in [5.41, 5.74) is 0.685. The largest absolute Gasteiger partial charge is 0.383 e. The number of carbonyl (C=O) groups excluding carboxylic acids is 1. The lowest BCUT2D eigenvalue weighted by molar-refractivity contribution is -0.115. The van der Waals surface area contributed by atoms with Crippen LogP contribution in [0.15, 0.2) is 12.4 Å². The number of hydrogen-bond donors (Lipinski definition) is 2. The minimum atomic E-state index is -0.0996. The first-order valence-electron chi connectivity index (χ1n) is 5.77. The van der Waals surface area contributed by atoms with E-state index in [0.29, 0.717) is 32.0 Å². The Morgan fingerprint density at radius 3 is 2.89 bits per heavy atom. The molecule has 0 aliphatic carbocycles. The predicted molar refractivity (Wildman–Crippen MR) is 67.5 cm³/mol. The Labute approximate surface area is 106 Å². The summed E-state index contributed by atoms with van der Waals surface area (Å²) in [5, 5.41) is 9.81. The van der Waals surface area contributed by atoms with Crippen LogP contribution in [0.5, 0.6) is 0 Å². The summed E-state index contributed by atoms with van der Waals surface area (Å²) >= 11 is 0. The van der Waals surface area contributed by atoms with Gasteiger partial charge in [-0.15, -0.1) is 0 Å². The molecule has 0 bridgehead atoms. The Morgan fingerprint density at radius 1 is 1.39 bits per heavy atom. The van der Waals surface area contributed by atoms with E-state index in [1.165, 1.54) is 0 Å². The molecule has 7 nitrogen and oxygen atoms in total. The zero-order chi connectivity index (χ0) is 13.2. The van der Waals surface area contributed by atoms with Crippen molar-refractivity contribution in [2.75, 3.05) is 45.8 Å². The van der Waals surface area contributed by atoms with Crippen molar-refractivity contribution in [3.63, 3.8) is 0 Å². The average Bonchev–Trinajstić information content (AvgIpc) is 2.80. The van der Waals surface area contributed by atoms with Crippen molar-refractivity contribution in [2.45, 2.75) is 6.54 Å². The lowest BCUT2D eigenvalue weighted by atomic mass is 10.5. The van der Waals surface area contributed by atoms with Crippen molar-refractivity contribution in [3.8, 4) is 0 Å². The number of carbonyl (C=O) groups is 1. The van der Waals surface area contributed by atoms with Gasteiger partial charge in [-0.25, -0.2) is 0 Å². The molecule has 1 amide bonds. The molecule has 0 saturated heterocycles. The molecule has 1 rings (SSSR count). The molecule has 0 aliphatic rings. The molecule has 0 aromatic carbocycles. The molecule has 1 aromatic rings. The fourth-order valence-corrected chi connectivity index (χ4v) is 1.32. The summed E-state index contributed by atoms with van der Waals surface area (Å²) in [5.74, 6) is -0.0996. The zero-order valence-electron chi connectivity index (χ0n) is 10.8. The molecule has 1 aromatic heterocycles. The number of nitrogens with one attached hydrogen (secondary N) is 2. The van der Waals surface area contributed by atoms with Crippen LogP contribution in [0.4, 0.5) is 5.69 Å². The van der Waals surface area contributed by atoms with E-state index in [-0.39, 0.29) is 12.5 Å². The minimum absolute atomic E-state index is 0.0996. The number of hydrogen-bond acceptors (Lipinski definition) is 5.